The zero-order valence-electron chi connectivity index (χ0n) is 15.9. The maximum atomic E-state index is 12.9. The summed E-state index contributed by atoms with van der Waals surface area (Å²) >= 11 is 0. The third-order valence-electron chi connectivity index (χ3n) is 4.92. The predicted molar refractivity (Wildman–Crippen MR) is 105 cm³/mol. The van der Waals surface area contributed by atoms with E-state index in [0.29, 0.717) is 5.92 Å². The van der Waals surface area contributed by atoms with Crippen molar-refractivity contribution in [3.8, 4) is 0 Å². The number of hydrogen-bond acceptors (Lipinski definition) is 4. The van der Waals surface area contributed by atoms with Crippen LogP contribution in [0.15, 0.2) is 42.6 Å². The highest BCUT2D eigenvalue weighted by molar-refractivity contribution is 5.94. The van der Waals surface area contributed by atoms with E-state index >= 15 is 0 Å². The summed E-state index contributed by atoms with van der Waals surface area (Å²) in [5, 5.41) is 3.09. The summed E-state index contributed by atoms with van der Waals surface area (Å²) < 4.78 is 0. The molecule has 3 rings (SSSR count). The van der Waals surface area contributed by atoms with Crippen LogP contribution in [-0.2, 0) is 6.54 Å². The van der Waals surface area contributed by atoms with E-state index < -0.39 is 0 Å². The highest BCUT2D eigenvalue weighted by atomic mass is 16.2. The van der Waals surface area contributed by atoms with Crippen LogP contribution in [0, 0.1) is 0 Å². The zero-order chi connectivity index (χ0) is 18.5. The van der Waals surface area contributed by atoms with E-state index in [2.05, 4.69) is 39.5 Å². The van der Waals surface area contributed by atoms with Crippen molar-refractivity contribution in [3.05, 3.63) is 59.3 Å². The third kappa shape index (κ3) is 4.41. The summed E-state index contributed by atoms with van der Waals surface area (Å²) in [6.45, 7) is 2.49. The lowest BCUT2D eigenvalue weighted by Gasteiger charge is -2.33. The lowest BCUT2D eigenvalue weighted by atomic mass is 9.90. The van der Waals surface area contributed by atoms with Gasteiger partial charge in [0, 0.05) is 44.4 Å². The van der Waals surface area contributed by atoms with Crippen LogP contribution in [0.1, 0.15) is 40.2 Å². The molecule has 1 saturated heterocycles. The standard InChI is InChI=1S/C21H28N4O/c1-22-20-13-18(10-11-23-20)19-5-4-12-25(15-19)21(26)17-8-6-16(7-9-17)14-24(2)3/h6-11,13,19H,4-5,12,14-15H2,1-3H3,(H,22,23)/t19-/m0/s1. The summed E-state index contributed by atoms with van der Waals surface area (Å²) in [4.78, 5) is 21.3. The maximum absolute atomic E-state index is 12.9. The Morgan fingerprint density at radius 2 is 2.04 bits per heavy atom. The topological polar surface area (TPSA) is 48.5 Å². The molecular weight excluding hydrogens is 324 g/mol. The van der Waals surface area contributed by atoms with Crippen LogP contribution in [0.25, 0.3) is 0 Å². The molecule has 26 heavy (non-hydrogen) atoms. The molecule has 1 amide bonds. The Labute approximate surface area is 156 Å². The fourth-order valence-corrected chi connectivity index (χ4v) is 3.57. The van der Waals surface area contributed by atoms with Gasteiger partial charge in [0.05, 0.1) is 0 Å². The molecule has 1 atom stereocenters. The number of carbonyl (C=O) groups is 1. The molecule has 0 bridgehead atoms. The number of pyridine rings is 1. The molecule has 0 saturated carbocycles. The number of carbonyl (C=O) groups excluding carboxylic acids is 1. The lowest BCUT2D eigenvalue weighted by molar-refractivity contribution is 0.0707. The predicted octanol–water partition coefficient (Wildman–Crippen LogP) is 3.20. The molecule has 1 aliphatic rings. The number of amides is 1. The minimum absolute atomic E-state index is 0.133. The highest BCUT2D eigenvalue weighted by Crippen LogP contribution is 2.28. The van der Waals surface area contributed by atoms with E-state index in [1.54, 1.807) is 0 Å². The second-order valence-electron chi connectivity index (χ2n) is 7.25. The zero-order valence-corrected chi connectivity index (χ0v) is 15.9. The van der Waals surface area contributed by atoms with Gasteiger partial charge in [0.1, 0.15) is 5.82 Å². The average Bonchev–Trinajstić information content (AvgIpc) is 2.68. The molecule has 5 nitrogen and oxygen atoms in total. The van der Waals surface area contributed by atoms with E-state index in [1.165, 1.54) is 11.1 Å². The van der Waals surface area contributed by atoms with Gasteiger partial charge in [-0.05, 0) is 62.3 Å². The van der Waals surface area contributed by atoms with Gasteiger partial charge in [0.2, 0.25) is 0 Å². The lowest BCUT2D eigenvalue weighted by Crippen LogP contribution is -2.39. The summed E-state index contributed by atoms with van der Waals surface area (Å²) in [5.74, 6) is 1.38. The summed E-state index contributed by atoms with van der Waals surface area (Å²) in [7, 11) is 5.97. The Bertz CT molecular complexity index is 742. The molecule has 0 spiro atoms. The van der Waals surface area contributed by atoms with Crippen LogP contribution in [0.5, 0.6) is 0 Å². The van der Waals surface area contributed by atoms with Crippen LogP contribution in [0.3, 0.4) is 0 Å². The average molecular weight is 352 g/mol. The van der Waals surface area contributed by atoms with E-state index in [0.717, 1.165) is 43.9 Å². The second kappa shape index (κ2) is 8.32. The highest BCUT2D eigenvalue weighted by Gasteiger charge is 2.25. The van der Waals surface area contributed by atoms with Gasteiger partial charge in [0.25, 0.3) is 5.91 Å². The van der Waals surface area contributed by atoms with Gasteiger partial charge < -0.3 is 15.1 Å². The first kappa shape index (κ1) is 18.4. The monoisotopic (exact) mass is 352 g/mol. The number of rotatable bonds is 5. The molecule has 1 aliphatic heterocycles. The molecule has 5 heteroatoms. The number of piperidine rings is 1. The molecule has 1 aromatic heterocycles. The molecular formula is C21H28N4O. The number of nitrogens with one attached hydrogen (secondary N) is 1. The first-order valence-corrected chi connectivity index (χ1v) is 9.23. The first-order valence-electron chi connectivity index (χ1n) is 9.23. The smallest absolute Gasteiger partial charge is 0.253 e. The third-order valence-corrected chi connectivity index (χ3v) is 4.92. The van der Waals surface area contributed by atoms with E-state index in [9.17, 15) is 4.79 Å². The molecule has 1 fully saturated rings. The second-order valence-corrected chi connectivity index (χ2v) is 7.25. The quantitative estimate of drug-likeness (QED) is 0.898. The number of hydrogen-bond donors (Lipinski definition) is 1. The Balaban J connectivity index is 1.69. The number of benzene rings is 1. The van der Waals surface area contributed by atoms with Gasteiger partial charge in [-0.15, -0.1) is 0 Å². The van der Waals surface area contributed by atoms with Crippen molar-refractivity contribution >= 4 is 11.7 Å². The summed E-state index contributed by atoms with van der Waals surface area (Å²) in [6, 6.07) is 12.2. The number of anilines is 1. The van der Waals surface area contributed by atoms with Gasteiger partial charge in [-0.1, -0.05) is 12.1 Å². The van der Waals surface area contributed by atoms with Crippen molar-refractivity contribution in [2.24, 2.45) is 0 Å². The van der Waals surface area contributed by atoms with Crippen LogP contribution in [0.2, 0.25) is 0 Å². The van der Waals surface area contributed by atoms with Crippen molar-refractivity contribution < 1.29 is 4.79 Å². The molecule has 2 heterocycles. The Morgan fingerprint density at radius 1 is 1.27 bits per heavy atom. The number of aromatic nitrogens is 1. The molecule has 2 aromatic rings. The van der Waals surface area contributed by atoms with Crippen molar-refractivity contribution in [1.29, 1.82) is 0 Å². The van der Waals surface area contributed by atoms with Gasteiger partial charge in [-0.3, -0.25) is 4.79 Å². The Morgan fingerprint density at radius 3 is 2.73 bits per heavy atom. The van der Waals surface area contributed by atoms with Gasteiger partial charge in [-0.2, -0.15) is 0 Å². The molecule has 0 radical (unpaired) electrons. The normalized spacial score (nSPS) is 17.4. The fraction of sp³-hybridized carbons (Fsp3) is 0.429. The fourth-order valence-electron chi connectivity index (χ4n) is 3.57. The Kier molecular flexibility index (Phi) is 5.89. The minimum atomic E-state index is 0.133. The molecule has 0 unspecified atom stereocenters. The minimum Gasteiger partial charge on any atom is -0.373 e. The van der Waals surface area contributed by atoms with Crippen LogP contribution in [-0.4, -0.2) is 54.9 Å². The van der Waals surface area contributed by atoms with Crippen molar-refractivity contribution in [1.82, 2.24) is 14.8 Å². The molecule has 138 valence electrons. The van der Waals surface area contributed by atoms with Gasteiger partial charge in [0.15, 0.2) is 0 Å². The molecule has 0 aliphatic carbocycles. The number of nitrogens with zero attached hydrogens (tertiary/aromatic N) is 3. The van der Waals surface area contributed by atoms with Crippen molar-refractivity contribution in [2.75, 3.05) is 39.5 Å². The van der Waals surface area contributed by atoms with E-state index in [4.69, 9.17) is 0 Å². The van der Waals surface area contributed by atoms with Crippen molar-refractivity contribution in [2.45, 2.75) is 25.3 Å². The maximum Gasteiger partial charge on any atom is 0.253 e. The van der Waals surface area contributed by atoms with Gasteiger partial charge >= 0.3 is 0 Å². The van der Waals surface area contributed by atoms with Crippen molar-refractivity contribution in [3.63, 3.8) is 0 Å². The van der Waals surface area contributed by atoms with Crippen LogP contribution >= 0.6 is 0 Å². The van der Waals surface area contributed by atoms with E-state index in [-0.39, 0.29) is 5.91 Å². The summed E-state index contributed by atoms with van der Waals surface area (Å²) in [6.07, 6.45) is 3.98. The van der Waals surface area contributed by atoms with Crippen LogP contribution < -0.4 is 5.32 Å². The number of likely N-dealkylation sites (tertiary alicyclic amines) is 1. The van der Waals surface area contributed by atoms with E-state index in [1.807, 2.05) is 44.4 Å². The van der Waals surface area contributed by atoms with Crippen LogP contribution in [0.4, 0.5) is 5.82 Å². The largest absolute Gasteiger partial charge is 0.373 e. The summed E-state index contributed by atoms with van der Waals surface area (Å²) in [5.41, 5.74) is 3.25. The first-order chi connectivity index (χ1) is 12.6. The molecule has 1 N–H and O–H groups in total. The van der Waals surface area contributed by atoms with Gasteiger partial charge in [-0.25, -0.2) is 4.98 Å². The SMILES string of the molecule is CNc1cc([C@H]2CCCN(C(=O)c3ccc(CN(C)C)cc3)C2)ccn1. The molecule has 1 aromatic carbocycles. The Hall–Kier alpha value is -2.40.